The van der Waals surface area contributed by atoms with Crippen molar-refractivity contribution < 1.29 is 0 Å². The van der Waals surface area contributed by atoms with Crippen molar-refractivity contribution in [3.05, 3.63) is 48.8 Å². The van der Waals surface area contributed by atoms with Crippen molar-refractivity contribution in [3.63, 3.8) is 0 Å². The fourth-order valence-corrected chi connectivity index (χ4v) is 2.37. The topological polar surface area (TPSA) is 37.8 Å². The molecule has 0 amide bonds. The number of fused-ring (bicyclic) bond motifs is 1. The van der Waals surface area contributed by atoms with Crippen molar-refractivity contribution in [1.82, 2.24) is 9.97 Å². The Morgan fingerprint density at radius 1 is 1.00 bits per heavy atom. The molecule has 0 fully saturated rings. The zero-order valence-electron chi connectivity index (χ0n) is 8.42. The summed E-state index contributed by atoms with van der Waals surface area (Å²) in [5, 5.41) is 4.17. The molecule has 0 aliphatic heterocycles. The normalized spacial score (nSPS) is 10.5. The van der Waals surface area contributed by atoms with Gasteiger partial charge in [-0.3, -0.25) is 4.98 Å². The van der Waals surface area contributed by atoms with Crippen LogP contribution in [0.5, 0.6) is 0 Å². The van der Waals surface area contributed by atoms with E-state index in [4.69, 9.17) is 0 Å². The maximum atomic E-state index is 4.50. The van der Waals surface area contributed by atoms with E-state index >= 15 is 0 Å². The number of nitrogens with one attached hydrogen (secondary N) is 1. The lowest BCUT2D eigenvalue weighted by Gasteiger charge is -1.99. The summed E-state index contributed by atoms with van der Waals surface area (Å²) < 4.78 is 1.19. The van der Waals surface area contributed by atoms with Crippen LogP contribution in [0.4, 0.5) is 10.8 Å². The summed E-state index contributed by atoms with van der Waals surface area (Å²) in [6.07, 6.45) is 3.52. The maximum absolute atomic E-state index is 4.50. The van der Waals surface area contributed by atoms with Gasteiger partial charge >= 0.3 is 0 Å². The van der Waals surface area contributed by atoms with E-state index in [0.29, 0.717) is 0 Å². The Labute approximate surface area is 96.8 Å². The molecular weight excluding hydrogens is 218 g/mol. The van der Waals surface area contributed by atoms with Crippen LogP contribution in [-0.2, 0) is 0 Å². The number of para-hydroxylation sites is 1. The number of pyridine rings is 1. The van der Waals surface area contributed by atoms with Crippen LogP contribution in [0, 0.1) is 0 Å². The molecule has 16 heavy (non-hydrogen) atoms. The van der Waals surface area contributed by atoms with Gasteiger partial charge in [0.2, 0.25) is 0 Å². The van der Waals surface area contributed by atoms with Gasteiger partial charge in [-0.15, -0.1) is 0 Å². The van der Waals surface area contributed by atoms with Crippen LogP contribution in [0.1, 0.15) is 0 Å². The van der Waals surface area contributed by atoms with E-state index in [1.54, 1.807) is 23.7 Å². The molecule has 0 atom stereocenters. The molecule has 3 aromatic rings. The van der Waals surface area contributed by atoms with Crippen LogP contribution in [0.2, 0.25) is 0 Å². The van der Waals surface area contributed by atoms with E-state index in [1.807, 2.05) is 30.3 Å². The largest absolute Gasteiger partial charge is 0.331 e. The molecule has 1 aromatic carbocycles. The zero-order chi connectivity index (χ0) is 10.8. The van der Waals surface area contributed by atoms with Gasteiger partial charge in [0.25, 0.3) is 0 Å². The predicted octanol–water partition coefficient (Wildman–Crippen LogP) is 3.43. The number of aromatic nitrogens is 2. The molecule has 2 heterocycles. The number of benzene rings is 1. The van der Waals surface area contributed by atoms with Gasteiger partial charge in [-0.2, -0.15) is 0 Å². The summed E-state index contributed by atoms with van der Waals surface area (Å²) >= 11 is 1.65. The molecule has 3 nitrogen and oxygen atoms in total. The molecule has 0 saturated heterocycles. The molecule has 3 rings (SSSR count). The Hall–Kier alpha value is -1.94. The van der Waals surface area contributed by atoms with E-state index in [1.165, 1.54) is 4.70 Å². The molecule has 1 N–H and O–H groups in total. The Morgan fingerprint density at radius 3 is 2.62 bits per heavy atom. The average molecular weight is 227 g/mol. The van der Waals surface area contributed by atoms with Gasteiger partial charge in [-0.1, -0.05) is 23.5 Å². The molecule has 0 saturated carbocycles. The number of thiazole rings is 1. The molecular formula is C12H9N3S. The number of rotatable bonds is 2. The minimum Gasteiger partial charge on any atom is -0.331 e. The summed E-state index contributed by atoms with van der Waals surface area (Å²) in [7, 11) is 0. The third-order valence-corrected chi connectivity index (χ3v) is 3.18. The van der Waals surface area contributed by atoms with E-state index in [-0.39, 0.29) is 0 Å². The van der Waals surface area contributed by atoms with E-state index in [0.717, 1.165) is 16.3 Å². The molecule has 0 aliphatic rings. The van der Waals surface area contributed by atoms with Gasteiger partial charge in [-0.05, 0) is 24.3 Å². The minimum absolute atomic E-state index is 0.910. The monoisotopic (exact) mass is 227 g/mol. The second-order valence-corrected chi connectivity index (χ2v) is 4.38. The summed E-state index contributed by atoms with van der Waals surface area (Å²) in [4.78, 5) is 8.47. The number of hydrogen-bond acceptors (Lipinski definition) is 4. The van der Waals surface area contributed by atoms with E-state index in [9.17, 15) is 0 Å². The lowest BCUT2D eigenvalue weighted by molar-refractivity contribution is 1.32. The van der Waals surface area contributed by atoms with Gasteiger partial charge in [0, 0.05) is 18.1 Å². The van der Waals surface area contributed by atoms with Crippen molar-refractivity contribution in [2.24, 2.45) is 0 Å². The van der Waals surface area contributed by atoms with Crippen LogP contribution in [-0.4, -0.2) is 9.97 Å². The molecule has 0 spiro atoms. The highest BCUT2D eigenvalue weighted by atomic mass is 32.1. The molecule has 2 aromatic heterocycles. The summed E-state index contributed by atoms with van der Waals surface area (Å²) in [5.74, 6) is 0. The summed E-state index contributed by atoms with van der Waals surface area (Å²) in [6, 6.07) is 12.0. The standard InChI is InChI=1S/C12H9N3S/c1-2-4-11-10(3-1)15-12(16-11)14-9-5-7-13-8-6-9/h1-8H,(H,13,14,15). The molecule has 0 aliphatic carbocycles. The SMILES string of the molecule is c1ccc2sc(Nc3ccncc3)nc2c1. The van der Waals surface area contributed by atoms with Crippen molar-refractivity contribution in [3.8, 4) is 0 Å². The lowest BCUT2D eigenvalue weighted by Crippen LogP contribution is -1.88. The Kier molecular flexibility index (Phi) is 2.27. The molecule has 4 heteroatoms. The predicted molar refractivity (Wildman–Crippen MR) is 67.1 cm³/mol. The molecule has 78 valence electrons. The fraction of sp³-hybridized carbons (Fsp3) is 0. The highest BCUT2D eigenvalue weighted by Crippen LogP contribution is 2.27. The van der Waals surface area contributed by atoms with Gasteiger partial charge < -0.3 is 5.32 Å². The molecule has 0 radical (unpaired) electrons. The average Bonchev–Trinajstić information content (AvgIpc) is 2.72. The second-order valence-electron chi connectivity index (χ2n) is 3.35. The second kappa shape index (κ2) is 3.90. The van der Waals surface area contributed by atoms with Crippen molar-refractivity contribution in [2.75, 3.05) is 5.32 Å². The zero-order valence-corrected chi connectivity index (χ0v) is 9.24. The third kappa shape index (κ3) is 1.75. The van der Waals surface area contributed by atoms with Crippen molar-refractivity contribution in [2.45, 2.75) is 0 Å². The third-order valence-electron chi connectivity index (χ3n) is 2.23. The van der Waals surface area contributed by atoms with Gasteiger partial charge in [0.05, 0.1) is 10.2 Å². The first kappa shape index (κ1) is 9.30. The summed E-state index contributed by atoms with van der Waals surface area (Å²) in [6.45, 7) is 0. The molecule has 0 unspecified atom stereocenters. The number of anilines is 2. The Morgan fingerprint density at radius 2 is 1.81 bits per heavy atom. The Balaban J connectivity index is 1.95. The van der Waals surface area contributed by atoms with Gasteiger partial charge in [0.15, 0.2) is 5.13 Å². The quantitative estimate of drug-likeness (QED) is 0.728. The van der Waals surface area contributed by atoms with Crippen LogP contribution in [0.25, 0.3) is 10.2 Å². The van der Waals surface area contributed by atoms with Crippen molar-refractivity contribution >= 4 is 32.4 Å². The first-order valence-electron chi connectivity index (χ1n) is 4.94. The minimum atomic E-state index is 0.910. The highest BCUT2D eigenvalue weighted by molar-refractivity contribution is 7.22. The Bertz CT molecular complexity index is 571. The van der Waals surface area contributed by atoms with Gasteiger partial charge in [0.1, 0.15) is 0 Å². The van der Waals surface area contributed by atoms with Crippen molar-refractivity contribution in [1.29, 1.82) is 0 Å². The maximum Gasteiger partial charge on any atom is 0.188 e. The number of nitrogens with zero attached hydrogens (tertiary/aromatic N) is 2. The first-order chi connectivity index (χ1) is 7.92. The van der Waals surface area contributed by atoms with Crippen LogP contribution >= 0.6 is 11.3 Å². The smallest absolute Gasteiger partial charge is 0.188 e. The highest BCUT2D eigenvalue weighted by Gasteiger charge is 2.02. The fourth-order valence-electron chi connectivity index (χ4n) is 1.48. The van der Waals surface area contributed by atoms with Crippen LogP contribution in [0.3, 0.4) is 0 Å². The van der Waals surface area contributed by atoms with E-state index in [2.05, 4.69) is 21.4 Å². The van der Waals surface area contributed by atoms with Crippen LogP contribution in [0.15, 0.2) is 48.8 Å². The lowest BCUT2D eigenvalue weighted by atomic mass is 10.3. The van der Waals surface area contributed by atoms with E-state index < -0.39 is 0 Å². The number of hydrogen-bond donors (Lipinski definition) is 1. The van der Waals surface area contributed by atoms with Gasteiger partial charge in [-0.25, -0.2) is 4.98 Å². The molecule has 0 bridgehead atoms. The first-order valence-corrected chi connectivity index (χ1v) is 5.76. The van der Waals surface area contributed by atoms with Crippen LogP contribution < -0.4 is 5.32 Å². The summed E-state index contributed by atoms with van der Waals surface area (Å²) in [5.41, 5.74) is 2.04.